The molecule has 1 atom stereocenters. The largest absolute Gasteiger partial charge is 0.508 e. The molecule has 26 heavy (non-hydrogen) atoms. The van der Waals surface area contributed by atoms with Crippen LogP contribution in [-0.2, 0) is 19.3 Å². The van der Waals surface area contributed by atoms with Gasteiger partial charge in [-0.15, -0.1) is 11.3 Å². The van der Waals surface area contributed by atoms with Crippen LogP contribution in [0.15, 0.2) is 47.8 Å². The standard InChI is InChI=1S/C23H27NOS/c1-2-13-24(14-12-18-16-26-23-9-4-3-7-20(18)23)19-11-10-17-6-5-8-22(25)21(17)15-19/h3-9,16,19,25H,2,10-15H2,1H3. The van der Waals surface area contributed by atoms with Crippen molar-refractivity contribution in [3.05, 3.63) is 64.5 Å². The van der Waals surface area contributed by atoms with Crippen LogP contribution in [0.4, 0.5) is 0 Å². The maximum absolute atomic E-state index is 10.3. The Morgan fingerprint density at radius 2 is 2.00 bits per heavy atom. The van der Waals surface area contributed by atoms with Crippen molar-refractivity contribution in [1.29, 1.82) is 0 Å². The molecule has 0 spiro atoms. The molecule has 0 aliphatic heterocycles. The van der Waals surface area contributed by atoms with E-state index < -0.39 is 0 Å². The third-order valence-electron chi connectivity index (χ3n) is 5.69. The number of hydrogen-bond acceptors (Lipinski definition) is 3. The Bertz CT molecular complexity index is 885. The van der Waals surface area contributed by atoms with Crippen molar-refractivity contribution in [2.24, 2.45) is 0 Å². The van der Waals surface area contributed by atoms with Crippen molar-refractivity contribution < 1.29 is 5.11 Å². The Balaban J connectivity index is 1.49. The van der Waals surface area contributed by atoms with Gasteiger partial charge in [0.2, 0.25) is 0 Å². The molecule has 1 aromatic heterocycles. The maximum Gasteiger partial charge on any atom is 0.119 e. The van der Waals surface area contributed by atoms with E-state index in [0.29, 0.717) is 11.8 Å². The van der Waals surface area contributed by atoms with Crippen molar-refractivity contribution in [2.75, 3.05) is 13.1 Å². The zero-order valence-electron chi connectivity index (χ0n) is 15.4. The normalized spacial score (nSPS) is 16.9. The molecule has 3 aromatic rings. The molecular weight excluding hydrogens is 338 g/mol. The van der Waals surface area contributed by atoms with Crippen molar-refractivity contribution in [3.8, 4) is 5.75 Å². The average molecular weight is 366 g/mol. The topological polar surface area (TPSA) is 23.5 Å². The molecule has 1 unspecified atom stereocenters. The molecule has 0 radical (unpaired) electrons. The number of benzene rings is 2. The molecule has 0 saturated carbocycles. The van der Waals surface area contributed by atoms with E-state index in [1.165, 1.54) is 39.6 Å². The fourth-order valence-corrected chi connectivity index (χ4v) is 5.31. The van der Waals surface area contributed by atoms with E-state index in [2.05, 4.69) is 47.5 Å². The molecule has 0 saturated heterocycles. The lowest BCUT2D eigenvalue weighted by molar-refractivity contribution is 0.181. The second-order valence-electron chi connectivity index (χ2n) is 7.35. The number of hydrogen-bond donors (Lipinski definition) is 1. The number of aryl methyl sites for hydroxylation is 1. The van der Waals surface area contributed by atoms with Crippen molar-refractivity contribution >= 4 is 21.4 Å². The quantitative estimate of drug-likeness (QED) is 0.630. The summed E-state index contributed by atoms with van der Waals surface area (Å²) < 4.78 is 1.39. The summed E-state index contributed by atoms with van der Waals surface area (Å²) in [6.45, 7) is 4.50. The first-order valence-electron chi connectivity index (χ1n) is 9.75. The summed E-state index contributed by atoms with van der Waals surface area (Å²) in [5, 5.41) is 14.0. The van der Waals surface area contributed by atoms with E-state index in [0.717, 1.165) is 32.4 Å². The van der Waals surface area contributed by atoms with Gasteiger partial charge in [-0.2, -0.15) is 0 Å². The lowest BCUT2D eigenvalue weighted by Gasteiger charge is -2.35. The van der Waals surface area contributed by atoms with Crippen LogP contribution in [0.2, 0.25) is 0 Å². The fourth-order valence-electron chi connectivity index (χ4n) is 4.32. The highest BCUT2D eigenvalue weighted by Crippen LogP contribution is 2.31. The van der Waals surface area contributed by atoms with Crippen LogP contribution >= 0.6 is 11.3 Å². The molecule has 0 amide bonds. The Morgan fingerprint density at radius 1 is 1.12 bits per heavy atom. The Labute approximate surface area is 160 Å². The monoisotopic (exact) mass is 365 g/mol. The molecule has 1 heterocycles. The lowest BCUT2D eigenvalue weighted by Crippen LogP contribution is -2.41. The van der Waals surface area contributed by atoms with Gasteiger partial charge in [-0.25, -0.2) is 0 Å². The Hall–Kier alpha value is -1.84. The molecule has 1 aliphatic carbocycles. The highest BCUT2D eigenvalue weighted by Gasteiger charge is 2.25. The minimum atomic E-state index is 0.479. The van der Waals surface area contributed by atoms with Gasteiger partial charge < -0.3 is 5.11 Å². The molecule has 1 aliphatic rings. The van der Waals surface area contributed by atoms with Gasteiger partial charge in [-0.05, 0) is 78.2 Å². The molecular formula is C23H27NOS. The third-order valence-corrected chi connectivity index (χ3v) is 6.70. The zero-order chi connectivity index (χ0) is 17.9. The van der Waals surface area contributed by atoms with E-state index in [4.69, 9.17) is 0 Å². The number of thiophene rings is 1. The SMILES string of the molecule is CCCN(CCc1csc2ccccc12)C1CCc2cccc(O)c2C1. The Kier molecular flexibility index (Phi) is 5.28. The molecule has 2 nitrogen and oxygen atoms in total. The lowest BCUT2D eigenvalue weighted by atomic mass is 9.86. The van der Waals surface area contributed by atoms with Gasteiger partial charge in [0.1, 0.15) is 5.75 Å². The summed E-state index contributed by atoms with van der Waals surface area (Å²) in [6.07, 6.45) is 5.53. The van der Waals surface area contributed by atoms with Crippen LogP contribution in [0.5, 0.6) is 5.75 Å². The summed E-state index contributed by atoms with van der Waals surface area (Å²) in [5.41, 5.74) is 3.98. The van der Waals surface area contributed by atoms with E-state index in [-0.39, 0.29) is 0 Å². The minimum Gasteiger partial charge on any atom is -0.508 e. The number of phenolic OH excluding ortho intramolecular Hbond substituents is 1. The van der Waals surface area contributed by atoms with E-state index >= 15 is 0 Å². The van der Waals surface area contributed by atoms with Gasteiger partial charge in [-0.1, -0.05) is 37.3 Å². The van der Waals surface area contributed by atoms with E-state index in [9.17, 15) is 5.11 Å². The van der Waals surface area contributed by atoms with Crippen LogP contribution in [0.3, 0.4) is 0 Å². The van der Waals surface area contributed by atoms with Crippen molar-refractivity contribution in [3.63, 3.8) is 0 Å². The fraction of sp³-hybridized carbons (Fsp3) is 0.391. The average Bonchev–Trinajstić information content (AvgIpc) is 3.08. The number of phenols is 1. The first-order chi connectivity index (χ1) is 12.8. The molecule has 0 bridgehead atoms. The summed E-state index contributed by atoms with van der Waals surface area (Å²) in [5.74, 6) is 0.479. The van der Waals surface area contributed by atoms with Crippen molar-refractivity contribution in [1.82, 2.24) is 4.90 Å². The van der Waals surface area contributed by atoms with Crippen LogP contribution in [0.25, 0.3) is 10.1 Å². The number of fused-ring (bicyclic) bond motifs is 2. The van der Waals surface area contributed by atoms with Gasteiger partial charge >= 0.3 is 0 Å². The predicted molar refractivity (Wildman–Crippen MR) is 111 cm³/mol. The molecule has 2 aromatic carbocycles. The van der Waals surface area contributed by atoms with E-state index in [1.54, 1.807) is 0 Å². The molecule has 3 heteroatoms. The van der Waals surface area contributed by atoms with Crippen LogP contribution < -0.4 is 0 Å². The second-order valence-corrected chi connectivity index (χ2v) is 8.27. The number of aromatic hydroxyl groups is 1. The summed E-state index contributed by atoms with van der Waals surface area (Å²) in [7, 11) is 0. The third kappa shape index (κ3) is 3.51. The molecule has 1 N–H and O–H groups in total. The maximum atomic E-state index is 10.3. The van der Waals surface area contributed by atoms with Crippen LogP contribution in [0, 0.1) is 0 Å². The van der Waals surface area contributed by atoms with Gasteiger partial charge in [0.15, 0.2) is 0 Å². The van der Waals surface area contributed by atoms with Gasteiger partial charge in [0.25, 0.3) is 0 Å². The summed E-state index contributed by atoms with van der Waals surface area (Å²) in [4.78, 5) is 2.65. The zero-order valence-corrected chi connectivity index (χ0v) is 16.3. The van der Waals surface area contributed by atoms with Crippen LogP contribution in [0.1, 0.15) is 36.5 Å². The minimum absolute atomic E-state index is 0.479. The number of rotatable bonds is 6. The first kappa shape index (κ1) is 17.6. The molecule has 4 rings (SSSR count). The van der Waals surface area contributed by atoms with Crippen molar-refractivity contribution in [2.45, 2.75) is 45.1 Å². The second kappa shape index (κ2) is 7.81. The first-order valence-corrected chi connectivity index (χ1v) is 10.6. The highest BCUT2D eigenvalue weighted by atomic mass is 32.1. The van der Waals surface area contributed by atoms with Gasteiger partial charge in [0.05, 0.1) is 0 Å². The Morgan fingerprint density at radius 3 is 2.88 bits per heavy atom. The van der Waals surface area contributed by atoms with Gasteiger partial charge in [-0.3, -0.25) is 4.90 Å². The molecule has 0 fully saturated rings. The molecule has 136 valence electrons. The van der Waals surface area contributed by atoms with E-state index in [1.807, 2.05) is 23.5 Å². The predicted octanol–water partition coefficient (Wildman–Crippen LogP) is 5.42. The summed E-state index contributed by atoms with van der Waals surface area (Å²) in [6, 6.07) is 15.3. The van der Waals surface area contributed by atoms with Crippen LogP contribution in [-0.4, -0.2) is 29.1 Å². The van der Waals surface area contributed by atoms with Gasteiger partial charge in [0, 0.05) is 17.3 Å². The summed E-state index contributed by atoms with van der Waals surface area (Å²) >= 11 is 1.86. The number of nitrogens with zero attached hydrogens (tertiary/aromatic N) is 1. The highest BCUT2D eigenvalue weighted by molar-refractivity contribution is 7.17. The smallest absolute Gasteiger partial charge is 0.119 e.